The molecule has 1 nitrogen and oxygen atoms in total. The normalized spacial score (nSPS) is 10.7. The van der Waals surface area contributed by atoms with Crippen LogP contribution >= 0.6 is 0 Å². The fraction of sp³-hybridized carbons (Fsp3) is 1.00. The predicted molar refractivity (Wildman–Crippen MR) is 33.6 cm³/mol. The van der Waals surface area contributed by atoms with E-state index < -0.39 is 0 Å². The Morgan fingerprint density at radius 3 is 1.78 bits per heavy atom. The molecular formula is C7H15KO. The van der Waals surface area contributed by atoms with Crippen molar-refractivity contribution in [3.63, 3.8) is 0 Å². The van der Waals surface area contributed by atoms with Crippen LogP contribution in [0.1, 0.15) is 33.6 Å². The van der Waals surface area contributed by atoms with Gasteiger partial charge in [0.2, 0.25) is 0 Å². The van der Waals surface area contributed by atoms with Crippen molar-refractivity contribution in [2.45, 2.75) is 33.6 Å². The van der Waals surface area contributed by atoms with Crippen molar-refractivity contribution in [2.24, 2.45) is 5.41 Å². The van der Waals surface area contributed by atoms with Gasteiger partial charge in [0.05, 0.1) is 0 Å². The second-order valence-electron chi connectivity index (χ2n) is 3.37. The van der Waals surface area contributed by atoms with Crippen LogP contribution in [0.15, 0.2) is 0 Å². The Labute approximate surface area is 101 Å². The van der Waals surface area contributed by atoms with Gasteiger partial charge in [-0.1, -0.05) is 27.2 Å². The monoisotopic (exact) mass is 154 g/mol. The maximum Gasteiger partial charge on any atom is 1.00 e. The van der Waals surface area contributed by atoms with Gasteiger partial charge in [-0.15, -0.1) is 6.61 Å². The third-order valence-electron chi connectivity index (χ3n) is 1.07. The zero-order valence-corrected chi connectivity index (χ0v) is 10.2. The first kappa shape index (κ1) is 13.2. The molecule has 0 aliphatic heterocycles. The molecule has 0 bridgehead atoms. The van der Waals surface area contributed by atoms with Crippen LogP contribution < -0.4 is 56.5 Å². The summed E-state index contributed by atoms with van der Waals surface area (Å²) in [5, 5.41) is 9.98. The SMILES string of the molecule is CC(C)(C)CCC[O-].[K+]. The maximum atomic E-state index is 9.98. The van der Waals surface area contributed by atoms with E-state index in [2.05, 4.69) is 20.8 Å². The summed E-state index contributed by atoms with van der Waals surface area (Å²) in [6.07, 6.45) is 1.88. The summed E-state index contributed by atoms with van der Waals surface area (Å²) in [5.41, 5.74) is 0.352. The van der Waals surface area contributed by atoms with Crippen molar-refractivity contribution in [3.8, 4) is 0 Å². The first-order valence-corrected chi connectivity index (χ1v) is 3.14. The molecule has 0 aliphatic carbocycles. The molecule has 0 fully saturated rings. The zero-order valence-electron chi connectivity index (χ0n) is 7.03. The predicted octanol–water partition coefficient (Wildman–Crippen LogP) is -1.82. The van der Waals surface area contributed by atoms with E-state index in [0.29, 0.717) is 5.41 Å². The summed E-state index contributed by atoms with van der Waals surface area (Å²) >= 11 is 0. The molecule has 0 aromatic carbocycles. The summed E-state index contributed by atoms with van der Waals surface area (Å²) in [5.74, 6) is 0. The van der Waals surface area contributed by atoms with Crippen molar-refractivity contribution in [1.29, 1.82) is 0 Å². The molecule has 0 unspecified atom stereocenters. The minimum absolute atomic E-state index is 0. The second kappa shape index (κ2) is 6.32. The molecule has 0 amide bonds. The van der Waals surface area contributed by atoms with E-state index in [9.17, 15) is 5.11 Å². The third-order valence-corrected chi connectivity index (χ3v) is 1.07. The second-order valence-corrected chi connectivity index (χ2v) is 3.37. The van der Waals surface area contributed by atoms with Crippen molar-refractivity contribution in [2.75, 3.05) is 6.61 Å². The van der Waals surface area contributed by atoms with Crippen LogP contribution in [0.5, 0.6) is 0 Å². The molecule has 2 heteroatoms. The Morgan fingerprint density at radius 2 is 1.67 bits per heavy atom. The largest absolute Gasteiger partial charge is 1.00 e. The van der Waals surface area contributed by atoms with Gasteiger partial charge in [0.15, 0.2) is 0 Å². The van der Waals surface area contributed by atoms with Crippen LogP contribution in [0.25, 0.3) is 0 Å². The number of hydrogen-bond donors (Lipinski definition) is 0. The summed E-state index contributed by atoms with van der Waals surface area (Å²) in [6.45, 7) is 6.55. The molecule has 50 valence electrons. The van der Waals surface area contributed by atoms with Gasteiger partial charge in [-0.2, -0.15) is 0 Å². The molecule has 0 rings (SSSR count). The van der Waals surface area contributed by atoms with Gasteiger partial charge in [0.25, 0.3) is 0 Å². The van der Waals surface area contributed by atoms with Gasteiger partial charge in [-0.3, -0.25) is 0 Å². The van der Waals surface area contributed by atoms with E-state index in [1.165, 1.54) is 0 Å². The standard InChI is InChI=1S/C7H15O.K/c1-7(2,3)5-4-6-8;/h4-6H2,1-3H3;/q-1;+1. The van der Waals surface area contributed by atoms with E-state index in [0.717, 1.165) is 12.8 Å². The molecular weight excluding hydrogens is 139 g/mol. The average Bonchev–Trinajstić information content (AvgIpc) is 1.59. The van der Waals surface area contributed by atoms with Crippen LogP contribution in [0.3, 0.4) is 0 Å². The van der Waals surface area contributed by atoms with E-state index in [1.807, 2.05) is 0 Å². The Kier molecular flexibility index (Phi) is 9.27. The topological polar surface area (TPSA) is 23.1 Å². The van der Waals surface area contributed by atoms with Gasteiger partial charge < -0.3 is 5.11 Å². The van der Waals surface area contributed by atoms with Crippen molar-refractivity contribution < 1.29 is 56.5 Å². The van der Waals surface area contributed by atoms with E-state index >= 15 is 0 Å². The van der Waals surface area contributed by atoms with Gasteiger partial charge in [-0.25, -0.2) is 0 Å². The Bertz CT molecular complexity index is 56.4. The van der Waals surface area contributed by atoms with E-state index in [4.69, 9.17) is 0 Å². The average molecular weight is 154 g/mol. The van der Waals surface area contributed by atoms with Gasteiger partial charge in [-0.05, 0) is 11.8 Å². The first-order chi connectivity index (χ1) is 3.56. The molecule has 0 atom stereocenters. The van der Waals surface area contributed by atoms with Gasteiger partial charge in [0.1, 0.15) is 0 Å². The Balaban J connectivity index is 0. The summed E-state index contributed by atoms with van der Waals surface area (Å²) in [6, 6.07) is 0. The van der Waals surface area contributed by atoms with Crippen molar-refractivity contribution >= 4 is 0 Å². The minimum atomic E-state index is 0. The van der Waals surface area contributed by atoms with Crippen LogP contribution in [0, 0.1) is 5.41 Å². The number of hydrogen-bond acceptors (Lipinski definition) is 1. The molecule has 9 heavy (non-hydrogen) atoms. The molecule has 0 radical (unpaired) electrons. The fourth-order valence-electron chi connectivity index (χ4n) is 0.602. The van der Waals surface area contributed by atoms with E-state index in [1.54, 1.807) is 0 Å². The summed E-state index contributed by atoms with van der Waals surface area (Å²) in [4.78, 5) is 0. The molecule has 0 saturated carbocycles. The molecule has 0 saturated heterocycles. The molecule has 0 aliphatic rings. The van der Waals surface area contributed by atoms with Crippen LogP contribution in [-0.2, 0) is 0 Å². The Hall–Kier alpha value is 1.60. The third kappa shape index (κ3) is 12.7. The quantitative estimate of drug-likeness (QED) is 0.429. The Morgan fingerprint density at radius 1 is 1.22 bits per heavy atom. The molecule has 0 heterocycles. The molecule has 0 N–H and O–H groups in total. The zero-order chi connectivity index (χ0) is 6.62. The fourth-order valence-corrected chi connectivity index (χ4v) is 0.602. The minimum Gasteiger partial charge on any atom is -0.854 e. The van der Waals surface area contributed by atoms with Gasteiger partial charge >= 0.3 is 51.4 Å². The van der Waals surface area contributed by atoms with Crippen LogP contribution in [0.2, 0.25) is 0 Å². The van der Waals surface area contributed by atoms with Crippen molar-refractivity contribution in [1.82, 2.24) is 0 Å². The molecule has 0 aromatic heterocycles. The molecule has 0 aromatic rings. The van der Waals surface area contributed by atoms with E-state index in [-0.39, 0.29) is 58.0 Å². The van der Waals surface area contributed by atoms with Crippen LogP contribution in [-0.4, -0.2) is 6.61 Å². The van der Waals surface area contributed by atoms with Crippen molar-refractivity contribution in [3.05, 3.63) is 0 Å². The van der Waals surface area contributed by atoms with Gasteiger partial charge in [0, 0.05) is 0 Å². The summed E-state index contributed by atoms with van der Waals surface area (Å²) < 4.78 is 0. The first-order valence-electron chi connectivity index (χ1n) is 3.14. The molecule has 0 spiro atoms. The number of rotatable bonds is 2. The smallest absolute Gasteiger partial charge is 0.854 e. The summed E-state index contributed by atoms with van der Waals surface area (Å²) in [7, 11) is 0. The van der Waals surface area contributed by atoms with Crippen LogP contribution in [0.4, 0.5) is 0 Å². The maximum absolute atomic E-state index is 9.98.